The molecule has 32 heavy (non-hydrogen) atoms. The number of aromatic nitrogens is 3. The standard InChI is InChI=1S/C24H27N5O3/c1-28-17-18(15-27-28)8-12-26-23(30)21-6-2-3-7-22(21)32-20-9-13-29(14-10-20)24(31)19-5-4-11-25-16-19/h2-7,11,15-17,20H,8-10,12-14H2,1H3,(H,26,30). The van der Waals surface area contributed by atoms with E-state index in [1.54, 1.807) is 41.5 Å². The second kappa shape index (κ2) is 10.1. The Balaban J connectivity index is 1.30. The molecule has 0 atom stereocenters. The van der Waals surface area contributed by atoms with Gasteiger partial charge in [0.2, 0.25) is 0 Å². The number of hydrogen-bond donors (Lipinski definition) is 1. The van der Waals surface area contributed by atoms with E-state index >= 15 is 0 Å². The van der Waals surface area contributed by atoms with Crippen LogP contribution in [0.5, 0.6) is 5.75 Å². The number of nitrogens with one attached hydrogen (secondary N) is 1. The van der Waals surface area contributed by atoms with Gasteiger partial charge in [0, 0.05) is 58.1 Å². The van der Waals surface area contributed by atoms with Crippen LogP contribution in [0.2, 0.25) is 0 Å². The summed E-state index contributed by atoms with van der Waals surface area (Å²) in [6, 6.07) is 10.8. The Morgan fingerprint density at radius 1 is 1.12 bits per heavy atom. The summed E-state index contributed by atoms with van der Waals surface area (Å²) in [5.74, 6) is 0.405. The average Bonchev–Trinajstić information content (AvgIpc) is 3.25. The van der Waals surface area contributed by atoms with Crippen LogP contribution in [-0.4, -0.2) is 57.2 Å². The number of aryl methyl sites for hydroxylation is 1. The van der Waals surface area contributed by atoms with E-state index in [1.165, 1.54) is 0 Å². The van der Waals surface area contributed by atoms with Crippen molar-refractivity contribution < 1.29 is 14.3 Å². The Bertz CT molecular complexity index is 1060. The molecule has 0 spiro atoms. The van der Waals surface area contributed by atoms with Gasteiger partial charge in [-0.3, -0.25) is 19.3 Å². The summed E-state index contributed by atoms with van der Waals surface area (Å²) in [5.41, 5.74) is 2.19. The van der Waals surface area contributed by atoms with Crippen molar-refractivity contribution in [2.24, 2.45) is 7.05 Å². The summed E-state index contributed by atoms with van der Waals surface area (Å²) < 4.78 is 7.93. The lowest BCUT2D eigenvalue weighted by Gasteiger charge is -2.32. The predicted molar refractivity (Wildman–Crippen MR) is 119 cm³/mol. The molecule has 1 aliphatic rings. The number of ether oxygens (including phenoxy) is 1. The minimum absolute atomic E-state index is 0.00931. The maximum absolute atomic E-state index is 12.7. The quantitative estimate of drug-likeness (QED) is 0.618. The molecular weight excluding hydrogens is 406 g/mol. The van der Waals surface area contributed by atoms with E-state index in [-0.39, 0.29) is 17.9 Å². The smallest absolute Gasteiger partial charge is 0.255 e. The van der Waals surface area contributed by atoms with Crippen LogP contribution in [0.25, 0.3) is 0 Å². The van der Waals surface area contributed by atoms with E-state index in [2.05, 4.69) is 15.4 Å². The fraction of sp³-hybridized carbons (Fsp3) is 0.333. The summed E-state index contributed by atoms with van der Waals surface area (Å²) in [7, 11) is 1.87. The van der Waals surface area contributed by atoms with Gasteiger partial charge in [-0.2, -0.15) is 5.10 Å². The van der Waals surface area contributed by atoms with E-state index in [0.717, 1.165) is 5.56 Å². The van der Waals surface area contributed by atoms with Gasteiger partial charge in [-0.15, -0.1) is 0 Å². The summed E-state index contributed by atoms with van der Waals surface area (Å²) in [5, 5.41) is 7.10. The molecule has 0 bridgehead atoms. The number of carbonyl (C=O) groups excluding carboxylic acids is 2. The first-order chi connectivity index (χ1) is 15.6. The highest BCUT2D eigenvalue weighted by Gasteiger charge is 2.26. The highest BCUT2D eigenvalue weighted by atomic mass is 16.5. The highest BCUT2D eigenvalue weighted by Crippen LogP contribution is 2.24. The molecule has 8 heteroatoms. The van der Waals surface area contributed by atoms with Gasteiger partial charge in [-0.25, -0.2) is 0 Å². The number of benzene rings is 1. The molecule has 0 radical (unpaired) electrons. The number of carbonyl (C=O) groups is 2. The number of nitrogens with zero attached hydrogens (tertiary/aromatic N) is 4. The molecule has 4 rings (SSSR count). The van der Waals surface area contributed by atoms with Gasteiger partial charge in [-0.1, -0.05) is 12.1 Å². The Hall–Kier alpha value is -3.68. The number of likely N-dealkylation sites (tertiary alicyclic amines) is 1. The minimum atomic E-state index is -0.159. The predicted octanol–water partition coefficient (Wildman–Crippen LogP) is 2.47. The largest absolute Gasteiger partial charge is 0.489 e. The van der Waals surface area contributed by atoms with Crippen molar-refractivity contribution in [1.29, 1.82) is 0 Å². The fourth-order valence-electron chi connectivity index (χ4n) is 3.80. The molecule has 1 N–H and O–H groups in total. The SMILES string of the molecule is Cn1cc(CCNC(=O)c2ccccc2OC2CCN(C(=O)c3cccnc3)CC2)cn1. The number of rotatable bonds is 7. The molecule has 2 aromatic heterocycles. The Labute approximate surface area is 187 Å². The first kappa shape index (κ1) is 21.5. The molecular formula is C24H27N5O3. The number of para-hydroxylation sites is 1. The average molecular weight is 434 g/mol. The summed E-state index contributed by atoms with van der Waals surface area (Å²) in [6.45, 7) is 1.74. The van der Waals surface area contributed by atoms with Crippen LogP contribution in [0, 0.1) is 0 Å². The van der Waals surface area contributed by atoms with Crippen LogP contribution in [0.4, 0.5) is 0 Å². The van der Waals surface area contributed by atoms with Crippen LogP contribution in [0.3, 0.4) is 0 Å². The summed E-state index contributed by atoms with van der Waals surface area (Å²) in [4.78, 5) is 31.2. The lowest BCUT2D eigenvalue weighted by molar-refractivity contribution is 0.0593. The molecule has 2 amide bonds. The molecule has 0 aliphatic carbocycles. The molecule has 3 heterocycles. The van der Waals surface area contributed by atoms with Crippen molar-refractivity contribution in [2.45, 2.75) is 25.4 Å². The number of piperidine rings is 1. The van der Waals surface area contributed by atoms with Gasteiger partial charge in [0.15, 0.2) is 0 Å². The van der Waals surface area contributed by atoms with Gasteiger partial charge in [0.25, 0.3) is 11.8 Å². The topological polar surface area (TPSA) is 89.4 Å². The number of amides is 2. The Morgan fingerprint density at radius 3 is 2.66 bits per heavy atom. The molecule has 1 fully saturated rings. The van der Waals surface area contributed by atoms with E-state index < -0.39 is 0 Å². The van der Waals surface area contributed by atoms with E-state index in [9.17, 15) is 9.59 Å². The van der Waals surface area contributed by atoms with Crippen molar-refractivity contribution >= 4 is 11.8 Å². The van der Waals surface area contributed by atoms with Gasteiger partial charge < -0.3 is 15.0 Å². The Morgan fingerprint density at radius 2 is 1.94 bits per heavy atom. The zero-order valence-electron chi connectivity index (χ0n) is 18.1. The van der Waals surface area contributed by atoms with Gasteiger partial charge in [0.05, 0.1) is 17.3 Å². The molecule has 0 unspecified atom stereocenters. The maximum atomic E-state index is 12.7. The lowest BCUT2D eigenvalue weighted by atomic mass is 10.1. The van der Waals surface area contributed by atoms with Crippen molar-refractivity contribution in [3.8, 4) is 5.75 Å². The number of pyridine rings is 1. The normalized spacial score (nSPS) is 14.2. The van der Waals surface area contributed by atoms with Crippen LogP contribution in [0.15, 0.2) is 61.2 Å². The summed E-state index contributed by atoms with van der Waals surface area (Å²) >= 11 is 0. The van der Waals surface area contributed by atoms with Crippen LogP contribution < -0.4 is 10.1 Å². The third kappa shape index (κ3) is 5.32. The molecule has 1 aliphatic heterocycles. The minimum Gasteiger partial charge on any atom is -0.489 e. The third-order valence-electron chi connectivity index (χ3n) is 5.52. The summed E-state index contributed by atoms with van der Waals surface area (Å²) in [6.07, 6.45) is 9.08. The van der Waals surface area contributed by atoms with E-state index in [1.807, 2.05) is 36.3 Å². The lowest BCUT2D eigenvalue weighted by Crippen LogP contribution is -2.42. The zero-order chi connectivity index (χ0) is 22.3. The molecule has 1 aromatic carbocycles. The molecule has 8 nitrogen and oxygen atoms in total. The van der Waals surface area contributed by atoms with Crippen LogP contribution in [0.1, 0.15) is 39.1 Å². The Kier molecular flexibility index (Phi) is 6.79. The van der Waals surface area contributed by atoms with Crippen molar-refractivity contribution in [3.05, 3.63) is 77.9 Å². The van der Waals surface area contributed by atoms with Gasteiger partial charge in [0.1, 0.15) is 11.9 Å². The number of hydrogen-bond acceptors (Lipinski definition) is 5. The highest BCUT2D eigenvalue weighted by molar-refractivity contribution is 5.97. The van der Waals surface area contributed by atoms with Crippen LogP contribution >= 0.6 is 0 Å². The zero-order valence-corrected chi connectivity index (χ0v) is 18.1. The molecule has 3 aromatic rings. The van der Waals surface area contributed by atoms with Crippen LogP contribution in [-0.2, 0) is 13.5 Å². The molecule has 166 valence electrons. The fourth-order valence-corrected chi connectivity index (χ4v) is 3.80. The van der Waals surface area contributed by atoms with Crippen molar-refractivity contribution in [3.63, 3.8) is 0 Å². The molecule has 1 saturated heterocycles. The van der Waals surface area contributed by atoms with E-state index in [0.29, 0.717) is 55.8 Å². The first-order valence-electron chi connectivity index (χ1n) is 10.8. The van der Waals surface area contributed by atoms with Crippen molar-refractivity contribution in [1.82, 2.24) is 25.0 Å². The van der Waals surface area contributed by atoms with Gasteiger partial charge in [-0.05, 0) is 36.2 Å². The van der Waals surface area contributed by atoms with Crippen molar-refractivity contribution in [2.75, 3.05) is 19.6 Å². The first-order valence-corrected chi connectivity index (χ1v) is 10.8. The van der Waals surface area contributed by atoms with Gasteiger partial charge >= 0.3 is 0 Å². The third-order valence-corrected chi connectivity index (χ3v) is 5.52. The second-order valence-electron chi connectivity index (χ2n) is 7.88. The van der Waals surface area contributed by atoms with E-state index in [4.69, 9.17) is 4.74 Å². The second-order valence-corrected chi connectivity index (χ2v) is 7.88. The monoisotopic (exact) mass is 433 g/mol. The molecule has 0 saturated carbocycles. The maximum Gasteiger partial charge on any atom is 0.255 e.